The van der Waals surface area contributed by atoms with Crippen molar-refractivity contribution in [2.24, 2.45) is 0 Å². The first-order chi connectivity index (χ1) is 6.81. The summed E-state index contributed by atoms with van der Waals surface area (Å²) in [6, 6.07) is 2.10. The van der Waals surface area contributed by atoms with Gasteiger partial charge in [-0.2, -0.15) is 0 Å². The Morgan fingerprint density at radius 1 is 1.64 bits per heavy atom. The largest absolute Gasteiger partial charge is 0.443 e. The lowest BCUT2D eigenvalue weighted by Crippen LogP contribution is -2.06. The monoisotopic (exact) mass is 320 g/mol. The molecule has 0 bridgehead atoms. The third-order valence-electron chi connectivity index (χ3n) is 1.82. The van der Waals surface area contributed by atoms with Crippen LogP contribution in [-0.4, -0.2) is 12.0 Å². The standard InChI is InChI=1S/C9H9IN2OS/c1-11-3-7-9(13-5-12-7)6-2-8(10)14-4-6/h2,4-5,11H,3H2,1H3. The van der Waals surface area contributed by atoms with E-state index >= 15 is 0 Å². The van der Waals surface area contributed by atoms with Gasteiger partial charge in [0.1, 0.15) is 5.69 Å². The highest BCUT2D eigenvalue weighted by Gasteiger charge is 2.11. The van der Waals surface area contributed by atoms with Crippen LogP contribution in [0, 0.1) is 2.88 Å². The van der Waals surface area contributed by atoms with E-state index in [4.69, 9.17) is 4.42 Å². The molecular formula is C9H9IN2OS. The molecule has 0 radical (unpaired) electrons. The van der Waals surface area contributed by atoms with E-state index in [9.17, 15) is 0 Å². The summed E-state index contributed by atoms with van der Waals surface area (Å²) in [6.07, 6.45) is 1.49. The van der Waals surface area contributed by atoms with Gasteiger partial charge in [0.05, 0.1) is 2.88 Å². The van der Waals surface area contributed by atoms with E-state index in [1.807, 2.05) is 7.05 Å². The van der Waals surface area contributed by atoms with E-state index in [1.165, 1.54) is 9.28 Å². The van der Waals surface area contributed by atoms with E-state index < -0.39 is 0 Å². The van der Waals surface area contributed by atoms with Crippen LogP contribution in [0.3, 0.4) is 0 Å². The Hall–Kier alpha value is -0.400. The number of hydrogen-bond donors (Lipinski definition) is 1. The molecule has 0 saturated heterocycles. The predicted molar refractivity (Wildman–Crippen MR) is 65.3 cm³/mol. The van der Waals surface area contributed by atoms with Gasteiger partial charge in [-0.25, -0.2) is 4.98 Å². The van der Waals surface area contributed by atoms with Crippen molar-refractivity contribution in [3.63, 3.8) is 0 Å². The zero-order chi connectivity index (χ0) is 9.97. The molecule has 2 aromatic heterocycles. The third-order valence-corrected chi connectivity index (χ3v) is 3.60. The molecule has 5 heteroatoms. The van der Waals surface area contributed by atoms with Crippen molar-refractivity contribution in [3.05, 3.63) is 26.4 Å². The number of aromatic nitrogens is 1. The Bertz CT molecular complexity index is 424. The third kappa shape index (κ3) is 1.99. The van der Waals surface area contributed by atoms with Crippen LogP contribution in [0.4, 0.5) is 0 Å². The van der Waals surface area contributed by atoms with E-state index in [0.29, 0.717) is 0 Å². The molecule has 0 unspecified atom stereocenters. The normalized spacial score (nSPS) is 10.7. The molecule has 0 amide bonds. The molecule has 0 aliphatic carbocycles. The lowest BCUT2D eigenvalue weighted by molar-refractivity contribution is 0.570. The van der Waals surface area contributed by atoms with Gasteiger partial charge in [-0.1, -0.05) is 0 Å². The van der Waals surface area contributed by atoms with Gasteiger partial charge in [0.2, 0.25) is 0 Å². The second-order valence-electron chi connectivity index (χ2n) is 2.80. The van der Waals surface area contributed by atoms with Crippen molar-refractivity contribution in [1.82, 2.24) is 10.3 Å². The molecule has 0 saturated carbocycles. The molecule has 1 N–H and O–H groups in total. The fraction of sp³-hybridized carbons (Fsp3) is 0.222. The summed E-state index contributed by atoms with van der Waals surface area (Å²) in [4.78, 5) is 4.16. The van der Waals surface area contributed by atoms with Gasteiger partial charge in [-0.3, -0.25) is 0 Å². The van der Waals surface area contributed by atoms with Gasteiger partial charge < -0.3 is 9.73 Å². The van der Waals surface area contributed by atoms with Crippen molar-refractivity contribution in [3.8, 4) is 11.3 Å². The lowest BCUT2D eigenvalue weighted by Gasteiger charge is -1.96. The zero-order valence-electron chi connectivity index (χ0n) is 7.58. The zero-order valence-corrected chi connectivity index (χ0v) is 10.6. The molecule has 2 aromatic rings. The summed E-state index contributed by atoms with van der Waals surface area (Å²) in [7, 11) is 1.90. The summed E-state index contributed by atoms with van der Waals surface area (Å²) >= 11 is 4.01. The molecule has 3 nitrogen and oxygen atoms in total. The maximum Gasteiger partial charge on any atom is 0.181 e. The van der Waals surface area contributed by atoms with Crippen LogP contribution < -0.4 is 5.32 Å². The van der Waals surface area contributed by atoms with Crippen LogP contribution in [-0.2, 0) is 6.54 Å². The Labute approximate surface area is 99.7 Å². The van der Waals surface area contributed by atoms with Crippen molar-refractivity contribution < 1.29 is 4.42 Å². The van der Waals surface area contributed by atoms with Gasteiger partial charge in [0.25, 0.3) is 0 Å². The van der Waals surface area contributed by atoms with Gasteiger partial charge in [-0.05, 0) is 35.7 Å². The van der Waals surface area contributed by atoms with E-state index in [2.05, 4.69) is 44.3 Å². The summed E-state index contributed by atoms with van der Waals surface area (Å²) in [6.45, 7) is 0.734. The topological polar surface area (TPSA) is 38.1 Å². The Balaban J connectivity index is 2.36. The number of oxazole rings is 1. The molecule has 74 valence electrons. The number of rotatable bonds is 3. The first kappa shape index (κ1) is 10.1. The molecule has 0 aliphatic rings. The molecule has 2 rings (SSSR count). The lowest BCUT2D eigenvalue weighted by atomic mass is 10.2. The molecular weight excluding hydrogens is 311 g/mol. The minimum Gasteiger partial charge on any atom is -0.443 e. The first-order valence-electron chi connectivity index (χ1n) is 4.12. The summed E-state index contributed by atoms with van der Waals surface area (Å²) < 4.78 is 6.62. The number of thiophene rings is 1. The van der Waals surface area contributed by atoms with E-state index in [1.54, 1.807) is 11.3 Å². The molecule has 0 aliphatic heterocycles. The van der Waals surface area contributed by atoms with Crippen molar-refractivity contribution >= 4 is 33.9 Å². The van der Waals surface area contributed by atoms with Crippen LogP contribution in [0.2, 0.25) is 0 Å². The van der Waals surface area contributed by atoms with Crippen LogP contribution in [0.1, 0.15) is 5.69 Å². The van der Waals surface area contributed by atoms with E-state index in [-0.39, 0.29) is 0 Å². The molecule has 0 spiro atoms. The minimum atomic E-state index is 0.734. The van der Waals surface area contributed by atoms with Crippen LogP contribution in [0.5, 0.6) is 0 Å². The average molecular weight is 320 g/mol. The summed E-state index contributed by atoms with van der Waals surface area (Å²) in [5, 5.41) is 5.15. The highest BCUT2D eigenvalue weighted by molar-refractivity contribution is 14.1. The number of nitrogens with zero attached hydrogens (tertiary/aromatic N) is 1. The maximum atomic E-state index is 5.37. The van der Waals surface area contributed by atoms with Gasteiger partial charge in [0, 0.05) is 17.5 Å². The average Bonchev–Trinajstić information content (AvgIpc) is 2.74. The SMILES string of the molecule is CNCc1ncoc1-c1csc(I)c1. The second-order valence-corrected chi connectivity index (χ2v) is 5.60. The molecule has 14 heavy (non-hydrogen) atoms. The maximum absolute atomic E-state index is 5.37. The number of halogens is 1. The fourth-order valence-corrected chi connectivity index (χ4v) is 2.55. The first-order valence-corrected chi connectivity index (χ1v) is 6.08. The smallest absolute Gasteiger partial charge is 0.181 e. The molecule has 2 heterocycles. The van der Waals surface area contributed by atoms with Crippen molar-refractivity contribution in [2.45, 2.75) is 6.54 Å². The Morgan fingerprint density at radius 2 is 2.50 bits per heavy atom. The van der Waals surface area contributed by atoms with Gasteiger partial charge in [-0.15, -0.1) is 11.3 Å². The van der Waals surface area contributed by atoms with Crippen LogP contribution >= 0.6 is 33.9 Å². The van der Waals surface area contributed by atoms with Crippen molar-refractivity contribution in [1.29, 1.82) is 0 Å². The van der Waals surface area contributed by atoms with Crippen molar-refractivity contribution in [2.75, 3.05) is 7.05 Å². The Morgan fingerprint density at radius 3 is 3.14 bits per heavy atom. The number of hydrogen-bond acceptors (Lipinski definition) is 4. The van der Waals surface area contributed by atoms with Crippen LogP contribution in [0.25, 0.3) is 11.3 Å². The molecule has 0 aromatic carbocycles. The van der Waals surface area contributed by atoms with Crippen LogP contribution in [0.15, 0.2) is 22.3 Å². The summed E-state index contributed by atoms with van der Waals surface area (Å²) in [5.41, 5.74) is 2.07. The minimum absolute atomic E-state index is 0.734. The summed E-state index contributed by atoms with van der Waals surface area (Å²) in [5.74, 6) is 0.874. The fourth-order valence-electron chi connectivity index (χ4n) is 1.23. The quantitative estimate of drug-likeness (QED) is 0.884. The van der Waals surface area contributed by atoms with Gasteiger partial charge in [0.15, 0.2) is 12.2 Å². The second kappa shape index (κ2) is 4.41. The molecule has 0 fully saturated rings. The van der Waals surface area contributed by atoms with Gasteiger partial charge >= 0.3 is 0 Å². The highest BCUT2D eigenvalue weighted by Crippen LogP contribution is 2.28. The molecule has 0 atom stereocenters. The number of nitrogens with one attached hydrogen (secondary N) is 1. The predicted octanol–water partition coefficient (Wildman–Crippen LogP) is 2.73. The highest BCUT2D eigenvalue weighted by atomic mass is 127. The Kier molecular flexibility index (Phi) is 3.19. The van der Waals surface area contributed by atoms with E-state index in [0.717, 1.165) is 23.6 Å².